The third kappa shape index (κ3) is 2.40. The molecule has 1 heterocycles. The molecule has 1 saturated carbocycles. The Balaban J connectivity index is 1.99. The molecule has 1 unspecified atom stereocenters. The molecule has 92 valence electrons. The van der Waals surface area contributed by atoms with Crippen LogP contribution in [0.4, 0.5) is 0 Å². The summed E-state index contributed by atoms with van der Waals surface area (Å²) in [5.74, 6) is -0.290. The summed E-state index contributed by atoms with van der Waals surface area (Å²) in [7, 11) is 0. The van der Waals surface area contributed by atoms with Gasteiger partial charge in [-0.2, -0.15) is 0 Å². The minimum absolute atomic E-state index is 0.203. The van der Waals surface area contributed by atoms with Gasteiger partial charge in [0.2, 0.25) is 0 Å². The van der Waals surface area contributed by atoms with E-state index in [0.29, 0.717) is 18.4 Å². The molecule has 1 saturated heterocycles. The Morgan fingerprint density at radius 1 is 1.38 bits per heavy atom. The molecule has 1 atom stereocenters. The minimum atomic E-state index is -0.644. The van der Waals surface area contributed by atoms with Gasteiger partial charge in [0.1, 0.15) is 0 Å². The van der Waals surface area contributed by atoms with Crippen molar-refractivity contribution < 1.29 is 9.90 Å². The molecule has 0 aromatic heterocycles. The van der Waals surface area contributed by atoms with Crippen LogP contribution in [0.15, 0.2) is 0 Å². The van der Waals surface area contributed by atoms with Crippen LogP contribution in [0.1, 0.15) is 52.4 Å². The van der Waals surface area contributed by atoms with E-state index in [9.17, 15) is 4.79 Å². The average molecular weight is 225 g/mol. The predicted molar refractivity (Wildman–Crippen MR) is 63.4 cm³/mol. The maximum absolute atomic E-state index is 10.8. The second-order valence-electron chi connectivity index (χ2n) is 6.07. The third-order valence-electron chi connectivity index (χ3n) is 4.25. The zero-order valence-corrected chi connectivity index (χ0v) is 10.4. The highest BCUT2D eigenvalue weighted by molar-refractivity contribution is 5.67. The largest absolute Gasteiger partial charge is 0.481 e. The molecular weight excluding hydrogens is 202 g/mol. The fraction of sp³-hybridized carbons (Fsp3) is 0.923. The lowest BCUT2D eigenvalue weighted by atomic mass is 9.94. The highest BCUT2D eigenvalue weighted by Crippen LogP contribution is 2.39. The lowest BCUT2D eigenvalue weighted by molar-refractivity contribution is -0.138. The first-order valence-electron chi connectivity index (χ1n) is 6.47. The molecule has 3 nitrogen and oxygen atoms in total. The van der Waals surface area contributed by atoms with Crippen LogP contribution < -0.4 is 0 Å². The second-order valence-corrected chi connectivity index (χ2v) is 6.07. The summed E-state index contributed by atoms with van der Waals surface area (Å²) in [6, 6.07) is 0.716. The van der Waals surface area contributed by atoms with Crippen LogP contribution in [0.25, 0.3) is 0 Å². The monoisotopic (exact) mass is 225 g/mol. The van der Waals surface area contributed by atoms with Crippen molar-refractivity contribution in [2.45, 2.75) is 64.0 Å². The summed E-state index contributed by atoms with van der Waals surface area (Å²) in [6.45, 7) is 5.53. The molecule has 0 amide bonds. The summed E-state index contributed by atoms with van der Waals surface area (Å²) in [6.07, 6.45) is 6.69. The predicted octanol–water partition coefficient (Wildman–Crippen LogP) is 2.50. The van der Waals surface area contributed by atoms with Crippen LogP contribution in [0, 0.1) is 5.92 Å². The van der Waals surface area contributed by atoms with Crippen molar-refractivity contribution in [3.63, 3.8) is 0 Å². The first-order chi connectivity index (χ1) is 7.49. The Hall–Kier alpha value is -0.570. The van der Waals surface area contributed by atoms with Gasteiger partial charge in [-0.1, -0.05) is 12.8 Å². The zero-order chi connectivity index (χ0) is 11.8. The molecule has 1 aliphatic carbocycles. The van der Waals surface area contributed by atoms with Crippen molar-refractivity contribution in [1.29, 1.82) is 0 Å². The van der Waals surface area contributed by atoms with E-state index in [1.165, 1.54) is 25.7 Å². The van der Waals surface area contributed by atoms with Crippen molar-refractivity contribution in [3.8, 4) is 0 Å². The maximum Gasteiger partial charge on any atom is 0.303 e. The van der Waals surface area contributed by atoms with Gasteiger partial charge in [-0.3, -0.25) is 9.69 Å². The number of carboxylic acid groups (broad SMARTS) is 1. The van der Waals surface area contributed by atoms with E-state index < -0.39 is 5.97 Å². The molecule has 2 fully saturated rings. The average Bonchev–Trinajstić information content (AvgIpc) is 2.71. The number of rotatable bonds is 3. The van der Waals surface area contributed by atoms with E-state index in [-0.39, 0.29) is 5.54 Å². The highest BCUT2D eigenvalue weighted by atomic mass is 16.4. The van der Waals surface area contributed by atoms with Crippen LogP contribution >= 0.6 is 0 Å². The van der Waals surface area contributed by atoms with Gasteiger partial charge in [0, 0.05) is 24.5 Å². The number of carboxylic acids is 1. The summed E-state index contributed by atoms with van der Waals surface area (Å²) in [5.41, 5.74) is 0.203. The number of aliphatic carboxylic acids is 1. The smallest absolute Gasteiger partial charge is 0.303 e. The summed E-state index contributed by atoms with van der Waals surface area (Å²) < 4.78 is 0. The van der Waals surface area contributed by atoms with E-state index in [1.807, 2.05) is 0 Å². The van der Waals surface area contributed by atoms with Crippen LogP contribution in [-0.4, -0.2) is 34.1 Å². The Bertz CT molecular complexity index is 269. The summed E-state index contributed by atoms with van der Waals surface area (Å²) in [4.78, 5) is 13.4. The van der Waals surface area contributed by atoms with Gasteiger partial charge >= 0.3 is 5.97 Å². The summed E-state index contributed by atoms with van der Waals surface area (Å²) in [5, 5.41) is 8.88. The molecule has 2 aliphatic rings. The zero-order valence-electron chi connectivity index (χ0n) is 10.4. The number of nitrogens with zero attached hydrogens (tertiary/aromatic N) is 1. The molecule has 1 aliphatic heterocycles. The number of hydrogen-bond donors (Lipinski definition) is 1. The number of carbonyl (C=O) groups is 1. The molecule has 2 rings (SSSR count). The third-order valence-corrected chi connectivity index (χ3v) is 4.25. The van der Waals surface area contributed by atoms with E-state index >= 15 is 0 Å². The Morgan fingerprint density at radius 3 is 2.56 bits per heavy atom. The van der Waals surface area contributed by atoms with Crippen LogP contribution in [0.5, 0.6) is 0 Å². The number of likely N-dealkylation sites (tertiary alicyclic amines) is 1. The Labute approximate surface area is 97.8 Å². The fourth-order valence-electron chi connectivity index (χ4n) is 3.66. The van der Waals surface area contributed by atoms with Crippen molar-refractivity contribution >= 4 is 5.97 Å². The molecule has 0 spiro atoms. The minimum Gasteiger partial charge on any atom is -0.481 e. The van der Waals surface area contributed by atoms with E-state index in [4.69, 9.17) is 5.11 Å². The van der Waals surface area contributed by atoms with E-state index in [2.05, 4.69) is 18.7 Å². The fourth-order valence-corrected chi connectivity index (χ4v) is 3.66. The van der Waals surface area contributed by atoms with E-state index in [0.717, 1.165) is 13.0 Å². The molecular formula is C13H23NO2. The highest BCUT2D eigenvalue weighted by Gasteiger charge is 2.42. The first kappa shape index (κ1) is 11.9. The SMILES string of the molecule is CC1(C)CC(CC(=O)O)CN1C1CCCC1. The molecule has 16 heavy (non-hydrogen) atoms. The van der Waals surface area contributed by atoms with Crippen LogP contribution in [0.3, 0.4) is 0 Å². The van der Waals surface area contributed by atoms with Gasteiger partial charge in [0.25, 0.3) is 0 Å². The van der Waals surface area contributed by atoms with Crippen LogP contribution in [-0.2, 0) is 4.79 Å². The lowest BCUT2D eigenvalue weighted by Crippen LogP contribution is -2.44. The standard InChI is InChI=1S/C13H23NO2/c1-13(2)8-10(7-12(15)16)9-14(13)11-5-3-4-6-11/h10-11H,3-9H2,1-2H3,(H,15,16). The molecule has 0 radical (unpaired) electrons. The van der Waals surface area contributed by atoms with Gasteiger partial charge < -0.3 is 5.11 Å². The van der Waals surface area contributed by atoms with Gasteiger partial charge in [-0.05, 0) is 39.0 Å². The van der Waals surface area contributed by atoms with Gasteiger partial charge in [0.15, 0.2) is 0 Å². The van der Waals surface area contributed by atoms with Crippen molar-refractivity contribution in [2.75, 3.05) is 6.54 Å². The Morgan fingerprint density at radius 2 is 2.00 bits per heavy atom. The van der Waals surface area contributed by atoms with E-state index in [1.54, 1.807) is 0 Å². The van der Waals surface area contributed by atoms with Crippen LogP contribution in [0.2, 0.25) is 0 Å². The molecule has 0 aromatic carbocycles. The molecule has 1 N–H and O–H groups in total. The van der Waals surface area contributed by atoms with Gasteiger partial charge in [0.05, 0.1) is 0 Å². The van der Waals surface area contributed by atoms with Crippen molar-refractivity contribution in [2.24, 2.45) is 5.92 Å². The topological polar surface area (TPSA) is 40.5 Å². The van der Waals surface area contributed by atoms with Crippen molar-refractivity contribution in [3.05, 3.63) is 0 Å². The number of hydrogen-bond acceptors (Lipinski definition) is 2. The first-order valence-corrected chi connectivity index (χ1v) is 6.47. The van der Waals surface area contributed by atoms with Gasteiger partial charge in [-0.25, -0.2) is 0 Å². The molecule has 0 aromatic rings. The normalized spacial score (nSPS) is 31.0. The quantitative estimate of drug-likeness (QED) is 0.802. The molecule has 0 bridgehead atoms. The van der Waals surface area contributed by atoms with Gasteiger partial charge in [-0.15, -0.1) is 0 Å². The molecule has 3 heteroatoms. The lowest BCUT2D eigenvalue weighted by Gasteiger charge is -2.36. The Kier molecular flexibility index (Phi) is 3.24. The maximum atomic E-state index is 10.8. The van der Waals surface area contributed by atoms with Crippen molar-refractivity contribution in [1.82, 2.24) is 4.90 Å². The second kappa shape index (κ2) is 4.36. The summed E-state index contributed by atoms with van der Waals surface area (Å²) >= 11 is 0.